The fourth-order valence-electron chi connectivity index (χ4n) is 10.6. The second kappa shape index (κ2) is 12.6. The molecule has 47 heavy (non-hydrogen) atoms. The van der Waals surface area contributed by atoms with E-state index in [0.717, 1.165) is 93.6 Å². The summed E-state index contributed by atoms with van der Waals surface area (Å²) in [5.41, 5.74) is -1.40. The first kappa shape index (κ1) is 33.5. The maximum atomic E-state index is 13.3. The summed E-state index contributed by atoms with van der Waals surface area (Å²) in [5, 5.41) is 0. The van der Waals surface area contributed by atoms with E-state index in [1.165, 1.54) is 0 Å². The maximum absolute atomic E-state index is 13.3. The summed E-state index contributed by atoms with van der Waals surface area (Å²) in [6.07, 6.45) is 9.35. The lowest BCUT2D eigenvalue weighted by Gasteiger charge is -2.58. The number of unbranched alkanes of at least 4 members (excludes halogenated alkanes) is 2. The Morgan fingerprint density at radius 3 is 1.49 bits per heavy atom. The van der Waals surface area contributed by atoms with Crippen LogP contribution in [0.1, 0.15) is 98.3 Å². The molecule has 264 valence electrons. The predicted molar refractivity (Wildman–Crippen MR) is 173 cm³/mol. The zero-order valence-corrected chi connectivity index (χ0v) is 29.9. The minimum Gasteiger partial charge on any atom is -0.432 e. The highest BCUT2D eigenvalue weighted by Crippen LogP contribution is 2.61. The van der Waals surface area contributed by atoms with Crippen molar-refractivity contribution in [1.82, 2.24) is 0 Å². The first-order chi connectivity index (χ1) is 22.6. The topological polar surface area (TPSA) is 108 Å². The van der Waals surface area contributed by atoms with Gasteiger partial charge in [0.1, 0.15) is 0 Å². The van der Waals surface area contributed by atoms with E-state index in [9.17, 15) is 9.59 Å². The minimum atomic E-state index is -0.858. The molecule has 0 aromatic heterocycles. The van der Waals surface area contributed by atoms with Crippen molar-refractivity contribution in [3.05, 3.63) is 0 Å². The molecule has 0 radical (unpaired) electrons. The van der Waals surface area contributed by atoms with Crippen LogP contribution in [0.5, 0.6) is 0 Å². The van der Waals surface area contributed by atoms with Crippen LogP contribution in [0.15, 0.2) is 0 Å². The molecule has 8 saturated heterocycles. The van der Waals surface area contributed by atoms with Gasteiger partial charge in [0.2, 0.25) is 24.2 Å². The molecular weight excluding hydrogens is 645 g/mol. The van der Waals surface area contributed by atoms with Crippen molar-refractivity contribution in [2.75, 3.05) is 23.0 Å². The lowest BCUT2D eigenvalue weighted by molar-refractivity contribution is -0.559. The maximum Gasteiger partial charge on any atom is 0.312 e. The molecule has 14 unspecified atom stereocenters. The van der Waals surface area contributed by atoms with E-state index in [4.69, 9.17) is 38.5 Å². The van der Waals surface area contributed by atoms with Crippen LogP contribution in [-0.4, -0.2) is 70.3 Å². The van der Waals surface area contributed by atoms with Gasteiger partial charge in [-0.1, -0.05) is 20.3 Å². The predicted octanol–water partition coefficient (Wildman–Crippen LogP) is 6.40. The summed E-state index contributed by atoms with van der Waals surface area (Å²) < 4.78 is 24.5. The van der Waals surface area contributed by atoms with Gasteiger partial charge < -0.3 is 18.9 Å². The molecule has 2 spiro atoms. The molecule has 2 saturated carbocycles. The van der Waals surface area contributed by atoms with Gasteiger partial charge in [-0.2, -0.15) is 23.5 Å². The van der Waals surface area contributed by atoms with Gasteiger partial charge in [0, 0.05) is 48.0 Å². The fraction of sp³-hybridized carbons (Fsp3) is 0.943. The van der Waals surface area contributed by atoms with E-state index in [1.807, 2.05) is 37.4 Å². The molecule has 10 fully saturated rings. The first-order valence-electron chi connectivity index (χ1n) is 18.2. The van der Waals surface area contributed by atoms with Crippen LogP contribution < -0.4 is 0 Å². The number of thioether (sulfide) groups is 2. The van der Waals surface area contributed by atoms with Crippen LogP contribution in [-0.2, 0) is 48.1 Å². The standard InChI is InChI=1S/C35H52O10S2/c1-20-8-10-26-22(28(36)38-30-34(26)24(20)12-14-32(3,40-30)42-44-34)18-46-16-6-5-7-17-47-19-23-27-11-9-21(2)25-13-15-33(4)41-31(39-29(23)37)35(25,27)45-43-33/h20-27,30-31H,5-19H2,1-4H3. The van der Waals surface area contributed by atoms with Gasteiger partial charge >= 0.3 is 11.9 Å². The van der Waals surface area contributed by atoms with Crippen LogP contribution >= 0.6 is 23.5 Å². The highest BCUT2D eigenvalue weighted by atomic mass is 32.2. The summed E-state index contributed by atoms with van der Waals surface area (Å²) in [7, 11) is 0. The lowest BCUT2D eigenvalue weighted by atomic mass is 9.58. The van der Waals surface area contributed by atoms with Gasteiger partial charge in [0.15, 0.2) is 11.2 Å². The number of rotatable bonds is 10. The number of carbonyl (C=O) groups is 2. The van der Waals surface area contributed by atoms with Crippen LogP contribution in [0.25, 0.3) is 0 Å². The zero-order chi connectivity index (χ0) is 32.6. The number of hydrogen-bond acceptors (Lipinski definition) is 12. The molecule has 12 heteroatoms. The van der Waals surface area contributed by atoms with Crippen molar-refractivity contribution >= 4 is 35.5 Å². The summed E-state index contributed by atoms with van der Waals surface area (Å²) >= 11 is 3.69. The van der Waals surface area contributed by atoms with Gasteiger partial charge in [0.25, 0.3) is 0 Å². The van der Waals surface area contributed by atoms with Gasteiger partial charge in [-0.25, -0.2) is 19.6 Å². The second-order valence-electron chi connectivity index (χ2n) is 16.1. The third-order valence-corrected chi connectivity index (χ3v) is 15.6. The highest BCUT2D eigenvalue weighted by molar-refractivity contribution is 7.99. The highest BCUT2D eigenvalue weighted by Gasteiger charge is 2.72. The first-order valence-corrected chi connectivity index (χ1v) is 20.6. The van der Waals surface area contributed by atoms with Crippen LogP contribution in [0.2, 0.25) is 0 Å². The quantitative estimate of drug-likeness (QED) is 0.143. The molecule has 10 nitrogen and oxygen atoms in total. The van der Waals surface area contributed by atoms with E-state index in [1.54, 1.807) is 0 Å². The number of fused-ring (bicyclic) bond motifs is 4. The average molecular weight is 697 g/mol. The Bertz CT molecular complexity index is 1130. The molecular formula is C35H52O10S2. The molecule has 8 heterocycles. The molecule has 2 aliphatic carbocycles. The second-order valence-corrected chi connectivity index (χ2v) is 18.4. The molecule has 0 amide bonds. The largest absolute Gasteiger partial charge is 0.432 e. The number of carbonyl (C=O) groups excluding carboxylic acids is 2. The van der Waals surface area contributed by atoms with E-state index in [0.29, 0.717) is 11.8 Å². The molecule has 10 aliphatic rings. The molecule has 10 rings (SSSR count). The Balaban J connectivity index is 0.798. The van der Waals surface area contributed by atoms with Crippen molar-refractivity contribution in [3.63, 3.8) is 0 Å². The summed E-state index contributed by atoms with van der Waals surface area (Å²) in [4.78, 5) is 50.8. The Morgan fingerprint density at radius 2 is 1.04 bits per heavy atom. The fourth-order valence-corrected chi connectivity index (χ4v) is 13.0. The molecule has 14 atom stereocenters. The number of esters is 2. The molecule has 4 bridgehead atoms. The molecule has 0 N–H and O–H groups in total. The number of hydrogen-bond donors (Lipinski definition) is 0. The van der Waals surface area contributed by atoms with Crippen molar-refractivity contribution in [2.24, 2.45) is 47.3 Å². The Kier molecular flexibility index (Phi) is 8.97. The smallest absolute Gasteiger partial charge is 0.312 e. The van der Waals surface area contributed by atoms with E-state index >= 15 is 0 Å². The van der Waals surface area contributed by atoms with Crippen LogP contribution in [0.4, 0.5) is 0 Å². The lowest BCUT2D eigenvalue weighted by Crippen LogP contribution is -2.70. The monoisotopic (exact) mass is 696 g/mol. The SMILES string of the molecule is CC1CCC2C(CSCCCCCSCC3C(=O)OC4OC5(C)CCC6C(C)CCC3C46OO5)C(=O)OC3OC4(C)CCC1C32OO4. The Hall–Kier alpha value is -0.600. The van der Waals surface area contributed by atoms with Crippen LogP contribution in [0, 0.1) is 47.3 Å². The van der Waals surface area contributed by atoms with Crippen molar-refractivity contribution in [3.8, 4) is 0 Å². The molecule has 0 aromatic rings. The van der Waals surface area contributed by atoms with Gasteiger partial charge in [-0.15, -0.1) is 0 Å². The van der Waals surface area contributed by atoms with Crippen LogP contribution in [0.3, 0.4) is 0 Å². The van der Waals surface area contributed by atoms with Crippen molar-refractivity contribution in [2.45, 2.75) is 134 Å². The normalized spacial score (nSPS) is 51.3. The van der Waals surface area contributed by atoms with Gasteiger partial charge in [0.05, 0.1) is 11.8 Å². The van der Waals surface area contributed by atoms with Crippen molar-refractivity contribution in [1.29, 1.82) is 0 Å². The van der Waals surface area contributed by atoms with Gasteiger partial charge in [-0.3, -0.25) is 9.59 Å². The molecule has 0 aromatic carbocycles. The summed E-state index contributed by atoms with van der Waals surface area (Å²) in [5.74, 6) is 2.58. The number of ether oxygens (including phenoxy) is 4. The third-order valence-electron chi connectivity index (χ3n) is 13.2. The Morgan fingerprint density at radius 1 is 0.596 bits per heavy atom. The van der Waals surface area contributed by atoms with E-state index < -0.39 is 35.4 Å². The van der Waals surface area contributed by atoms with Gasteiger partial charge in [-0.05, 0) is 88.6 Å². The molecule has 8 aliphatic heterocycles. The zero-order valence-electron chi connectivity index (χ0n) is 28.3. The van der Waals surface area contributed by atoms with Crippen molar-refractivity contribution < 1.29 is 48.1 Å². The summed E-state index contributed by atoms with van der Waals surface area (Å²) in [6.45, 7) is 8.35. The minimum absolute atomic E-state index is 0.0464. The average Bonchev–Trinajstić information content (AvgIpc) is 3.41. The summed E-state index contributed by atoms with van der Waals surface area (Å²) in [6, 6.07) is 0. The third kappa shape index (κ3) is 5.44. The van der Waals surface area contributed by atoms with E-state index in [-0.39, 0.29) is 47.4 Å². The Labute approximate surface area is 286 Å². The van der Waals surface area contributed by atoms with E-state index in [2.05, 4.69) is 13.8 Å².